The minimum Gasteiger partial charge on any atom is -0.389 e. The maximum absolute atomic E-state index is 12.0. The number of anilines is 1. The summed E-state index contributed by atoms with van der Waals surface area (Å²) in [6.45, 7) is 3.39. The number of H-pyrrole nitrogens is 1. The van der Waals surface area contributed by atoms with Crippen LogP contribution in [0.1, 0.15) is 34.6 Å². The van der Waals surface area contributed by atoms with Gasteiger partial charge in [0.2, 0.25) is 0 Å². The molecule has 0 bridgehead atoms. The van der Waals surface area contributed by atoms with Gasteiger partial charge in [-0.1, -0.05) is 12.1 Å². The first kappa shape index (κ1) is 14.0. The molecular weight excluding hydrogens is 256 g/mol. The quantitative estimate of drug-likeness (QED) is 0.799. The molecule has 5 nitrogen and oxygen atoms in total. The Kier molecular flexibility index (Phi) is 4.00. The zero-order chi connectivity index (χ0) is 14.7. The third-order valence-electron chi connectivity index (χ3n) is 2.93. The zero-order valence-corrected chi connectivity index (χ0v) is 11.3. The summed E-state index contributed by atoms with van der Waals surface area (Å²) in [7, 11) is 0. The van der Waals surface area contributed by atoms with Crippen molar-refractivity contribution in [2.45, 2.75) is 20.0 Å². The van der Waals surface area contributed by atoms with E-state index in [9.17, 15) is 14.7 Å². The molecule has 2 rings (SSSR count). The minimum absolute atomic E-state index is 0.0538. The first-order chi connectivity index (χ1) is 9.47. The maximum Gasteiger partial charge on any atom is 0.261 e. The molecule has 20 heavy (non-hydrogen) atoms. The number of rotatable bonds is 3. The van der Waals surface area contributed by atoms with Crippen molar-refractivity contribution in [3.05, 3.63) is 63.6 Å². The lowest BCUT2D eigenvalue weighted by molar-refractivity contribution is 0.102. The Morgan fingerprint density at radius 2 is 2.10 bits per heavy atom. The fraction of sp³-hybridized carbons (Fsp3) is 0.200. The SMILES string of the molecule is Cc1cc(=O)c(C(=O)Nc2cccc(C(C)O)c2)c[nH]1. The number of amides is 1. The molecule has 0 saturated heterocycles. The molecular formula is C15H16N2O3. The van der Waals surface area contributed by atoms with Crippen molar-refractivity contribution in [3.63, 3.8) is 0 Å². The molecule has 5 heteroatoms. The summed E-state index contributed by atoms with van der Waals surface area (Å²) in [5.41, 5.74) is 1.65. The van der Waals surface area contributed by atoms with Crippen molar-refractivity contribution in [2.75, 3.05) is 5.32 Å². The van der Waals surface area contributed by atoms with E-state index in [4.69, 9.17) is 0 Å². The van der Waals surface area contributed by atoms with E-state index in [1.807, 2.05) is 0 Å². The summed E-state index contributed by atoms with van der Waals surface area (Å²) in [4.78, 5) is 26.6. The standard InChI is InChI=1S/C15H16N2O3/c1-9-6-14(19)13(8-16-9)15(20)17-12-5-3-4-11(7-12)10(2)18/h3-8,10,18H,1-2H3,(H,16,19)(H,17,20). The van der Waals surface area contributed by atoms with Crippen molar-refractivity contribution in [3.8, 4) is 0 Å². The second kappa shape index (κ2) is 5.71. The van der Waals surface area contributed by atoms with Crippen molar-refractivity contribution in [1.82, 2.24) is 4.98 Å². The fourth-order valence-corrected chi connectivity index (χ4v) is 1.83. The third-order valence-corrected chi connectivity index (χ3v) is 2.93. The Morgan fingerprint density at radius 3 is 2.75 bits per heavy atom. The maximum atomic E-state index is 12.0. The van der Waals surface area contributed by atoms with Gasteiger partial charge in [0.15, 0.2) is 5.43 Å². The molecule has 0 radical (unpaired) electrons. The molecule has 2 aromatic rings. The van der Waals surface area contributed by atoms with E-state index in [0.29, 0.717) is 16.9 Å². The zero-order valence-electron chi connectivity index (χ0n) is 11.3. The largest absolute Gasteiger partial charge is 0.389 e. The molecule has 0 aliphatic heterocycles. The summed E-state index contributed by atoms with van der Waals surface area (Å²) < 4.78 is 0. The molecule has 1 heterocycles. The normalized spacial score (nSPS) is 11.9. The topological polar surface area (TPSA) is 82.2 Å². The first-order valence-electron chi connectivity index (χ1n) is 6.26. The Morgan fingerprint density at radius 1 is 1.35 bits per heavy atom. The number of hydrogen-bond acceptors (Lipinski definition) is 3. The van der Waals surface area contributed by atoms with E-state index in [0.717, 1.165) is 0 Å². The first-order valence-corrected chi connectivity index (χ1v) is 6.26. The van der Waals surface area contributed by atoms with Crippen LogP contribution in [-0.2, 0) is 0 Å². The number of benzene rings is 1. The Labute approximate surface area is 116 Å². The van der Waals surface area contributed by atoms with Gasteiger partial charge in [-0.05, 0) is 31.5 Å². The molecule has 1 atom stereocenters. The van der Waals surface area contributed by atoms with Gasteiger partial charge in [0.05, 0.1) is 6.10 Å². The number of hydrogen-bond donors (Lipinski definition) is 3. The summed E-state index contributed by atoms with van der Waals surface area (Å²) in [6, 6.07) is 8.24. The van der Waals surface area contributed by atoms with Gasteiger partial charge < -0.3 is 15.4 Å². The molecule has 1 aromatic carbocycles. The van der Waals surface area contributed by atoms with Crippen LogP contribution in [0.25, 0.3) is 0 Å². The van der Waals surface area contributed by atoms with Crippen molar-refractivity contribution < 1.29 is 9.90 Å². The van der Waals surface area contributed by atoms with Crippen LogP contribution in [0.3, 0.4) is 0 Å². The fourth-order valence-electron chi connectivity index (χ4n) is 1.83. The molecule has 1 amide bonds. The van der Waals surface area contributed by atoms with E-state index in [1.165, 1.54) is 12.3 Å². The van der Waals surface area contributed by atoms with Crippen LogP contribution in [0.4, 0.5) is 5.69 Å². The molecule has 0 aliphatic carbocycles. The lowest BCUT2D eigenvalue weighted by atomic mass is 10.1. The van der Waals surface area contributed by atoms with Crippen LogP contribution in [0.2, 0.25) is 0 Å². The van der Waals surface area contributed by atoms with Gasteiger partial charge in [0.25, 0.3) is 5.91 Å². The minimum atomic E-state index is -0.616. The van der Waals surface area contributed by atoms with Crippen LogP contribution in [-0.4, -0.2) is 16.0 Å². The number of aromatic amines is 1. The van der Waals surface area contributed by atoms with Gasteiger partial charge in [-0.3, -0.25) is 9.59 Å². The average molecular weight is 272 g/mol. The third kappa shape index (κ3) is 3.13. The molecule has 0 spiro atoms. The van der Waals surface area contributed by atoms with Gasteiger partial charge in [0, 0.05) is 23.6 Å². The van der Waals surface area contributed by atoms with E-state index in [2.05, 4.69) is 10.3 Å². The van der Waals surface area contributed by atoms with Crippen LogP contribution in [0.15, 0.2) is 41.3 Å². The number of pyridine rings is 1. The highest BCUT2D eigenvalue weighted by molar-refractivity contribution is 6.04. The number of carbonyl (C=O) groups excluding carboxylic acids is 1. The number of aromatic nitrogens is 1. The number of aliphatic hydroxyl groups excluding tert-OH is 1. The summed E-state index contributed by atoms with van der Waals surface area (Å²) in [5, 5.41) is 12.1. The van der Waals surface area contributed by atoms with Gasteiger partial charge in [-0.25, -0.2) is 0 Å². The van der Waals surface area contributed by atoms with Crippen molar-refractivity contribution >= 4 is 11.6 Å². The van der Waals surface area contributed by atoms with Crippen LogP contribution in [0.5, 0.6) is 0 Å². The molecule has 0 fully saturated rings. The van der Waals surface area contributed by atoms with Crippen LogP contribution >= 0.6 is 0 Å². The molecule has 1 unspecified atom stereocenters. The van der Waals surface area contributed by atoms with E-state index >= 15 is 0 Å². The van der Waals surface area contributed by atoms with Crippen LogP contribution in [0, 0.1) is 6.92 Å². The number of aryl methyl sites for hydroxylation is 1. The Balaban J connectivity index is 2.23. The van der Waals surface area contributed by atoms with E-state index in [-0.39, 0.29) is 11.0 Å². The highest BCUT2D eigenvalue weighted by Gasteiger charge is 2.11. The van der Waals surface area contributed by atoms with E-state index < -0.39 is 12.0 Å². The Hall–Kier alpha value is -2.40. The smallest absolute Gasteiger partial charge is 0.261 e. The van der Waals surface area contributed by atoms with Gasteiger partial charge in [0.1, 0.15) is 5.56 Å². The highest BCUT2D eigenvalue weighted by atomic mass is 16.3. The summed E-state index contributed by atoms with van der Waals surface area (Å²) in [6.07, 6.45) is 0.778. The molecule has 1 aromatic heterocycles. The second-order valence-electron chi connectivity index (χ2n) is 4.65. The predicted molar refractivity (Wildman–Crippen MR) is 76.8 cm³/mol. The van der Waals surface area contributed by atoms with Crippen molar-refractivity contribution in [2.24, 2.45) is 0 Å². The Bertz CT molecular complexity index is 690. The molecule has 0 saturated carbocycles. The number of aliphatic hydroxyl groups is 1. The average Bonchev–Trinajstić information content (AvgIpc) is 2.38. The molecule has 0 aliphatic rings. The second-order valence-corrected chi connectivity index (χ2v) is 4.65. The lowest BCUT2D eigenvalue weighted by Gasteiger charge is -2.09. The lowest BCUT2D eigenvalue weighted by Crippen LogP contribution is -2.21. The number of carbonyl (C=O) groups is 1. The van der Waals surface area contributed by atoms with Gasteiger partial charge in [-0.15, -0.1) is 0 Å². The van der Waals surface area contributed by atoms with Gasteiger partial charge in [-0.2, -0.15) is 0 Å². The summed E-state index contributed by atoms with van der Waals surface area (Å²) >= 11 is 0. The summed E-state index contributed by atoms with van der Waals surface area (Å²) in [5.74, 6) is -0.478. The predicted octanol–water partition coefficient (Wildman–Crippen LogP) is 1.99. The van der Waals surface area contributed by atoms with Crippen molar-refractivity contribution in [1.29, 1.82) is 0 Å². The van der Waals surface area contributed by atoms with Crippen LogP contribution < -0.4 is 10.7 Å². The molecule has 104 valence electrons. The monoisotopic (exact) mass is 272 g/mol. The molecule has 3 N–H and O–H groups in total. The van der Waals surface area contributed by atoms with Gasteiger partial charge >= 0.3 is 0 Å². The van der Waals surface area contributed by atoms with E-state index in [1.54, 1.807) is 38.1 Å². The number of nitrogens with one attached hydrogen (secondary N) is 2. The highest BCUT2D eigenvalue weighted by Crippen LogP contribution is 2.17.